The summed E-state index contributed by atoms with van der Waals surface area (Å²) in [4.78, 5) is 25.1. The second-order valence-electron chi connectivity index (χ2n) is 12.9. The van der Waals surface area contributed by atoms with Crippen molar-refractivity contribution in [2.75, 3.05) is 13.2 Å². The lowest BCUT2D eigenvalue weighted by Crippen LogP contribution is -2.47. The van der Waals surface area contributed by atoms with Crippen molar-refractivity contribution >= 4 is 11.9 Å². The van der Waals surface area contributed by atoms with Crippen molar-refractivity contribution in [2.24, 2.45) is 11.8 Å². The molecule has 0 spiro atoms. The van der Waals surface area contributed by atoms with E-state index in [2.05, 4.69) is 13.8 Å². The van der Waals surface area contributed by atoms with E-state index in [-0.39, 0.29) is 0 Å². The van der Waals surface area contributed by atoms with Crippen molar-refractivity contribution in [3.05, 3.63) is 58.7 Å². The zero-order valence-corrected chi connectivity index (χ0v) is 27.0. The number of fused-ring (bicyclic) bond motifs is 1. The zero-order chi connectivity index (χ0) is 31.3. The highest BCUT2D eigenvalue weighted by atomic mass is 16.5. The van der Waals surface area contributed by atoms with Gasteiger partial charge in [-0.1, -0.05) is 116 Å². The summed E-state index contributed by atoms with van der Waals surface area (Å²) in [7, 11) is 0. The summed E-state index contributed by atoms with van der Waals surface area (Å²) in [6.45, 7) is 5.72. The van der Waals surface area contributed by atoms with Crippen LogP contribution in [0.4, 0.5) is 0 Å². The molecule has 242 valence electrons. The van der Waals surface area contributed by atoms with Gasteiger partial charge in [0.15, 0.2) is 0 Å². The number of ether oxygens (including phenoxy) is 2. The molecule has 0 radical (unpaired) electrons. The molecule has 0 heterocycles. The number of carboxylic acids is 2. The van der Waals surface area contributed by atoms with E-state index in [9.17, 15) is 19.8 Å². The summed E-state index contributed by atoms with van der Waals surface area (Å²) < 4.78 is 12.2. The highest BCUT2D eigenvalue weighted by molar-refractivity contribution is 5.86. The van der Waals surface area contributed by atoms with E-state index in [4.69, 9.17) is 9.47 Å². The van der Waals surface area contributed by atoms with E-state index < -0.39 is 35.6 Å². The van der Waals surface area contributed by atoms with Crippen LogP contribution in [-0.2, 0) is 9.59 Å². The first kappa shape index (κ1) is 33.9. The van der Waals surface area contributed by atoms with Crippen molar-refractivity contribution in [3.63, 3.8) is 0 Å². The lowest BCUT2D eigenvalue weighted by Gasteiger charge is -2.47. The van der Waals surface area contributed by atoms with Gasteiger partial charge in [0.1, 0.15) is 11.5 Å². The number of carboxylic acid groups (broad SMARTS) is 2. The molecule has 2 bridgehead atoms. The number of unbranched alkanes of at least 4 members (excludes halogenated alkanes) is 14. The van der Waals surface area contributed by atoms with Gasteiger partial charge in [0, 0.05) is 11.8 Å². The van der Waals surface area contributed by atoms with Gasteiger partial charge in [0.2, 0.25) is 0 Å². The lowest BCUT2D eigenvalue weighted by molar-refractivity contribution is -0.156. The minimum Gasteiger partial charge on any atom is -0.494 e. The van der Waals surface area contributed by atoms with Crippen LogP contribution >= 0.6 is 0 Å². The summed E-state index contributed by atoms with van der Waals surface area (Å²) in [5.74, 6) is -3.85. The minimum absolute atomic E-state index is 0.544. The van der Waals surface area contributed by atoms with Gasteiger partial charge in [-0.3, -0.25) is 9.59 Å². The highest BCUT2D eigenvalue weighted by Crippen LogP contribution is 2.59. The molecule has 0 aromatic heterocycles. The first-order chi connectivity index (χ1) is 21.5. The summed E-state index contributed by atoms with van der Waals surface area (Å²) in [5.41, 5.74) is 3.56. The van der Waals surface area contributed by atoms with Crippen LogP contribution in [0.5, 0.6) is 11.5 Å². The number of aliphatic carboxylic acids is 2. The molecule has 0 amide bonds. The molecule has 6 heteroatoms. The third kappa shape index (κ3) is 8.57. The number of benzene rings is 2. The molecule has 0 fully saturated rings. The molecule has 4 atom stereocenters. The van der Waals surface area contributed by atoms with Crippen molar-refractivity contribution in [2.45, 2.75) is 128 Å². The van der Waals surface area contributed by atoms with Crippen LogP contribution < -0.4 is 9.47 Å². The Kier molecular flexibility index (Phi) is 13.4. The van der Waals surface area contributed by atoms with Crippen LogP contribution in [0.25, 0.3) is 0 Å². The Morgan fingerprint density at radius 2 is 0.864 bits per heavy atom. The SMILES string of the molecule is CCCCCCCCCCOc1ccc2c(c1)[C@H]1c3ccc(OCCCCCCCCCC)cc3[C@@H]2[C@H](C(=O)O)[C@H]1C(=O)O. The van der Waals surface area contributed by atoms with Crippen LogP contribution in [0.15, 0.2) is 36.4 Å². The van der Waals surface area contributed by atoms with E-state index in [0.717, 1.165) is 59.4 Å². The Morgan fingerprint density at radius 1 is 0.523 bits per heavy atom. The lowest BCUT2D eigenvalue weighted by atomic mass is 9.54. The van der Waals surface area contributed by atoms with Crippen LogP contribution in [0, 0.1) is 11.8 Å². The first-order valence-electron chi connectivity index (χ1n) is 17.5. The predicted octanol–water partition coefficient (Wildman–Crippen LogP) is 9.72. The Hall–Kier alpha value is -3.02. The normalized spacial score (nSPS) is 19.8. The third-order valence-electron chi connectivity index (χ3n) is 9.67. The number of carbonyl (C=O) groups is 2. The summed E-state index contributed by atoms with van der Waals surface area (Å²) in [6, 6.07) is 11.7. The second-order valence-corrected chi connectivity index (χ2v) is 12.9. The second kappa shape index (κ2) is 17.5. The molecular formula is C38H54O6. The van der Waals surface area contributed by atoms with E-state index in [1.807, 2.05) is 36.4 Å². The van der Waals surface area contributed by atoms with E-state index in [1.165, 1.54) is 77.0 Å². The fraction of sp³-hybridized carbons (Fsp3) is 0.632. The third-order valence-corrected chi connectivity index (χ3v) is 9.67. The number of hydrogen-bond donors (Lipinski definition) is 2. The monoisotopic (exact) mass is 606 g/mol. The molecule has 2 N–H and O–H groups in total. The largest absolute Gasteiger partial charge is 0.494 e. The van der Waals surface area contributed by atoms with Crippen molar-refractivity contribution in [3.8, 4) is 11.5 Å². The van der Waals surface area contributed by atoms with E-state index in [1.54, 1.807) is 0 Å². The zero-order valence-electron chi connectivity index (χ0n) is 27.0. The van der Waals surface area contributed by atoms with Crippen molar-refractivity contribution in [1.82, 2.24) is 0 Å². The molecule has 5 rings (SSSR count). The maximum atomic E-state index is 12.6. The van der Waals surface area contributed by atoms with Gasteiger partial charge >= 0.3 is 11.9 Å². The Balaban J connectivity index is 1.41. The average molecular weight is 607 g/mol. The average Bonchev–Trinajstić information content (AvgIpc) is 3.02. The van der Waals surface area contributed by atoms with Gasteiger partial charge < -0.3 is 19.7 Å². The Labute approximate surface area is 264 Å². The highest BCUT2D eigenvalue weighted by Gasteiger charge is 2.56. The molecule has 0 saturated heterocycles. The molecule has 0 saturated carbocycles. The first-order valence-corrected chi connectivity index (χ1v) is 17.5. The van der Waals surface area contributed by atoms with Crippen molar-refractivity contribution < 1.29 is 29.3 Å². The van der Waals surface area contributed by atoms with Gasteiger partial charge in [-0.05, 0) is 59.4 Å². The molecule has 2 aromatic rings. The van der Waals surface area contributed by atoms with Gasteiger partial charge in [0.05, 0.1) is 25.0 Å². The van der Waals surface area contributed by atoms with Gasteiger partial charge in [-0.15, -0.1) is 0 Å². The molecule has 6 nitrogen and oxygen atoms in total. The standard InChI is InChI=1S/C38H54O6/c1-3-5-7-9-11-13-15-17-23-43-27-19-21-29-31(25-27)33-30-22-20-28(44-24-18-16-14-12-10-8-6-4-2)26-32(30)34(29)36(38(41)42)35(33)37(39)40/h19-22,25-26,33-36H,3-18,23-24H2,1-2H3,(H,39,40)(H,41,42)/t33-,34-,35+,36+/m1/s1. The van der Waals surface area contributed by atoms with Crippen molar-refractivity contribution in [1.29, 1.82) is 0 Å². The minimum atomic E-state index is -1.07. The number of rotatable bonds is 22. The molecule has 0 unspecified atom stereocenters. The summed E-state index contributed by atoms with van der Waals surface area (Å²) >= 11 is 0. The maximum absolute atomic E-state index is 12.6. The molecular weight excluding hydrogens is 552 g/mol. The molecule has 44 heavy (non-hydrogen) atoms. The van der Waals surface area contributed by atoms with Crippen LogP contribution in [0.1, 0.15) is 151 Å². The molecule has 0 aliphatic heterocycles. The molecule has 3 aliphatic rings. The fourth-order valence-electron chi connectivity index (χ4n) is 7.36. The number of hydrogen-bond acceptors (Lipinski definition) is 4. The van der Waals surface area contributed by atoms with Crippen LogP contribution in [-0.4, -0.2) is 35.4 Å². The topological polar surface area (TPSA) is 93.1 Å². The van der Waals surface area contributed by atoms with E-state index >= 15 is 0 Å². The van der Waals surface area contributed by atoms with Gasteiger partial charge in [-0.2, -0.15) is 0 Å². The van der Waals surface area contributed by atoms with E-state index in [0.29, 0.717) is 13.2 Å². The molecule has 2 aromatic carbocycles. The smallest absolute Gasteiger partial charge is 0.308 e. The Bertz CT molecular complexity index is 1110. The van der Waals surface area contributed by atoms with Gasteiger partial charge in [0.25, 0.3) is 0 Å². The summed E-state index contributed by atoms with van der Waals surface area (Å²) in [5, 5.41) is 20.5. The fourth-order valence-corrected chi connectivity index (χ4v) is 7.36. The molecule has 3 aliphatic carbocycles. The predicted molar refractivity (Wildman–Crippen MR) is 175 cm³/mol. The van der Waals surface area contributed by atoms with Gasteiger partial charge in [-0.25, -0.2) is 0 Å². The maximum Gasteiger partial charge on any atom is 0.308 e. The Morgan fingerprint density at radius 3 is 1.20 bits per heavy atom. The quantitative estimate of drug-likeness (QED) is 0.130. The van der Waals surface area contributed by atoms with Crippen LogP contribution in [0.3, 0.4) is 0 Å². The summed E-state index contributed by atoms with van der Waals surface area (Å²) in [6.07, 6.45) is 19.7. The van der Waals surface area contributed by atoms with Crippen LogP contribution in [0.2, 0.25) is 0 Å².